The van der Waals surface area contributed by atoms with E-state index < -0.39 is 0 Å². The minimum atomic E-state index is 0.417. The molecule has 1 saturated carbocycles. The largest absolute Gasteiger partial charge is 0.486 e. The van der Waals surface area contributed by atoms with Gasteiger partial charge in [-0.05, 0) is 37.5 Å². The van der Waals surface area contributed by atoms with Gasteiger partial charge in [-0.2, -0.15) is 0 Å². The molecule has 0 saturated heterocycles. The van der Waals surface area contributed by atoms with Crippen LogP contribution >= 0.6 is 0 Å². The standard InChI is InChI=1S/C15H18N2O2/c1-11-8-15(19-17-11)10-18-14-6-2-12(3-7-14)9-16-13-4-5-13/h2-3,6-8,13,16H,4-5,9-10H2,1H3. The van der Waals surface area contributed by atoms with Crippen molar-refractivity contribution in [2.24, 2.45) is 0 Å². The van der Waals surface area contributed by atoms with E-state index in [4.69, 9.17) is 9.26 Å². The van der Waals surface area contributed by atoms with E-state index in [1.165, 1.54) is 18.4 Å². The Labute approximate surface area is 112 Å². The number of hydrogen-bond donors (Lipinski definition) is 1. The van der Waals surface area contributed by atoms with Crippen LogP contribution in [-0.2, 0) is 13.2 Å². The van der Waals surface area contributed by atoms with Crippen molar-refractivity contribution in [1.82, 2.24) is 10.5 Å². The molecule has 0 unspecified atom stereocenters. The van der Waals surface area contributed by atoms with E-state index in [2.05, 4.69) is 22.6 Å². The van der Waals surface area contributed by atoms with Gasteiger partial charge in [-0.1, -0.05) is 17.3 Å². The summed E-state index contributed by atoms with van der Waals surface area (Å²) >= 11 is 0. The number of ether oxygens (including phenoxy) is 1. The van der Waals surface area contributed by atoms with Crippen molar-refractivity contribution in [2.75, 3.05) is 0 Å². The van der Waals surface area contributed by atoms with E-state index >= 15 is 0 Å². The van der Waals surface area contributed by atoms with Gasteiger partial charge in [0, 0.05) is 18.7 Å². The fraction of sp³-hybridized carbons (Fsp3) is 0.400. The Morgan fingerprint density at radius 1 is 1.32 bits per heavy atom. The van der Waals surface area contributed by atoms with Crippen LogP contribution in [0, 0.1) is 6.92 Å². The van der Waals surface area contributed by atoms with Gasteiger partial charge in [-0.25, -0.2) is 0 Å². The third-order valence-corrected chi connectivity index (χ3v) is 3.15. The van der Waals surface area contributed by atoms with Gasteiger partial charge in [-0.3, -0.25) is 0 Å². The van der Waals surface area contributed by atoms with Crippen LogP contribution in [0.2, 0.25) is 0 Å². The SMILES string of the molecule is Cc1cc(COc2ccc(CNC3CC3)cc2)on1. The summed E-state index contributed by atoms with van der Waals surface area (Å²) in [6, 6.07) is 10.8. The molecular weight excluding hydrogens is 240 g/mol. The van der Waals surface area contributed by atoms with Crippen molar-refractivity contribution < 1.29 is 9.26 Å². The molecule has 0 atom stereocenters. The van der Waals surface area contributed by atoms with Crippen molar-refractivity contribution in [3.05, 3.63) is 47.3 Å². The van der Waals surface area contributed by atoms with Gasteiger partial charge >= 0.3 is 0 Å². The predicted molar refractivity (Wildman–Crippen MR) is 71.9 cm³/mol. The highest BCUT2D eigenvalue weighted by atomic mass is 16.5. The highest BCUT2D eigenvalue weighted by Gasteiger charge is 2.19. The average molecular weight is 258 g/mol. The monoisotopic (exact) mass is 258 g/mol. The highest BCUT2D eigenvalue weighted by Crippen LogP contribution is 2.20. The second kappa shape index (κ2) is 5.45. The topological polar surface area (TPSA) is 47.3 Å². The first-order valence-corrected chi connectivity index (χ1v) is 6.67. The summed E-state index contributed by atoms with van der Waals surface area (Å²) in [5, 5.41) is 7.32. The number of nitrogens with zero attached hydrogens (tertiary/aromatic N) is 1. The normalized spacial score (nSPS) is 14.6. The van der Waals surface area contributed by atoms with E-state index in [1.54, 1.807) is 0 Å². The third kappa shape index (κ3) is 3.58. The molecule has 0 radical (unpaired) electrons. The summed E-state index contributed by atoms with van der Waals surface area (Å²) in [6.07, 6.45) is 2.63. The van der Waals surface area contributed by atoms with E-state index in [9.17, 15) is 0 Å². The molecule has 0 bridgehead atoms. The van der Waals surface area contributed by atoms with E-state index in [1.807, 2.05) is 25.1 Å². The van der Waals surface area contributed by atoms with Crippen LogP contribution in [0.4, 0.5) is 0 Å². The van der Waals surface area contributed by atoms with Crippen LogP contribution in [0.5, 0.6) is 5.75 Å². The van der Waals surface area contributed by atoms with Gasteiger partial charge in [0.15, 0.2) is 5.76 Å². The number of aryl methyl sites for hydroxylation is 1. The molecule has 0 aliphatic heterocycles. The van der Waals surface area contributed by atoms with Crippen LogP contribution < -0.4 is 10.1 Å². The lowest BCUT2D eigenvalue weighted by atomic mass is 10.2. The maximum atomic E-state index is 5.64. The maximum absolute atomic E-state index is 5.64. The summed E-state index contributed by atoms with van der Waals surface area (Å²) in [4.78, 5) is 0. The molecule has 1 fully saturated rings. The van der Waals surface area contributed by atoms with E-state index in [0.717, 1.165) is 29.8 Å². The van der Waals surface area contributed by atoms with Gasteiger partial charge < -0.3 is 14.6 Å². The molecule has 1 aliphatic rings. The molecule has 1 N–H and O–H groups in total. The molecule has 1 heterocycles. The fourth-order valence-electron chi connectivity index (χ4n) is 1.89. The van der Waals surface area contributed by atoms with Gasteiger partial charge in [0.25, 0.3) is 0 Å². The van der Waals surface area contributed by atoms with Gasteiger partial charge in [0.1, 0.15) is 12.4 Å². The van der Waals surface area contributed by atoms with E-state index in [-0.39, 0.29) is 0 Å². The Balaban J connectivity index is 1.50. The zero-order valence-corrected chi connectivity index (χ0v) is 11.1. The van der Waals surface area contributed by atoms with Gasteiger partial charge in [-0.15, -0.1) is 0 Å². The summed E-state index contributed by atoms with van der Waals surface area (Å²) < 4.78 is 10.7. The van der Waals surface area contributed by atoms with Crippen LogP contribution in [0.25, 0.3) is 0 Å². The molecule has 19 heavy (non-hydrogen) atoms. The molecule has 4 nitrogen and oxygen atoms in total. The van der Waals surface area contributed by atoms with Crippen molar-refractivity contribution in [3.8, 4) is 5.75 Å². The minimum Gasteiger partial charge on any atom is -0.486 e. The Kier molecular flexibility index (Phi) is 3.51. The Hall–Kier alpha value is -1.81. The molecular formula is C15H18N2O2. The lowest BCUT2D eigenvalue weighted by Gasteiger charge is -2.06. The molecule has 100 valence electrons. The first-order valence-electron chi connectivity index (χ1n) is 6.67. The highest BCUT2D eigenvalue weighted by molar-refractivity contribution is 5.27. The average Bonchev–Trinajstić information content (AvgIpc) is 3.17. The smallest absolute Gasteiger partial charge is 0.174 e. The van der Waals surface area contributed by atoms with Gasteiger partial charge in [0.2, 0.25) is 0 Å². The van der Waals surface area contributed by atoms with Crippen molar-refractivity contribution in [1.29, 1.82) is 0 Å². The number of aromatic nitrogens is 1. The Bertz CT molecular complexity index is 529. The molecule has 3 rings (SSSR count). The Morgan fingerprint density at radius 3 is 2.74 bits per heavy atom. The molecule has 1 aromatic carbocycles. The van der Waals surface area contributed by atoms with E-state index in [0.29, 0.717) is 6.61 Å². The fourth-order valence-corrected chi connectivity index (χ4v) is 1.89. The summed E-state index contributed by atoms with van der Waals surface area (Å²) in [6.45, 7) is 3.25. The number of benzene rings is 1. The molecule has 1 aromatic heterocycles. The molecule has 2 aromatic rings. The zero-order valence-electron chi connectivity index (χ0n) is 11.1. The van der Waals surface area contributed by atoms with Crippen molar-refractivity contribution >= 4 is 0 Å². The first kappa shape index (κ1) is 12.2. The second-order valence-corrected chi connectivity index (χ2v) is 5.02. The number of nitrogens with one attached hydrogen (secondary N) is 1. The Morgan fingerprint density at radius 2 is 2.11 bits per heavy atom. The molecule has 4 heteroatoms. The lowest BCUT2D eigenvalue weighted by Crippen LogP contribution is -2.15. The number of hydrogen-bond acceptors (Lipinski definition) is 4. The minimum absolute atomic E-state index is 0.417. The zero-order chi connectivity index (χ0) is 13.1. The first-order chi connectivity index (χ1) is 9.29. The van der Waals surface area contributed by atoms with Crippen molar-refractivity contribution in [3.63, 3.8) is 0 Å². The maximum Gasteiger partial charge on any atom is 0.174 e. The third-order valence-electron chi connectivity index (χ3n) is 3.15. The molecule has 1 aliphatic carbocycles. The summed E-state index contributed by atoms with van der Waals surface area (Å²) in [5.74, 6) is 1.60. The number of rotatable bonds is 6. The lowest BCUT2D eigenvalue weighted by molar-refractivity contribution is 0.248. The van der Waals surface area contributed by atoms with Crippen LogP contribution in [0.1, 0.15) is 29.9 Å². The van der Waals surface area contributed by atoms with Crippen LogP contribution in [0.3, 0.4) is 0 Å². The summed E-state index contributed by atoms with van der Waals surface area (Å²) in [5.41, 5.74) is 2.16. The second-order valence-electron chi connectivity index (χ2n) is 5.02. The predicted octanol–water partition coefficient (Wildman–Crippen LogP) is 2.81. The van der Waals surface area contributed by atoms with Crippen LogP contribution in [0.15, 0.2) is 34.9 Å². The van der Waals surface area contributed by atoms with Gasteiger partial charge in [0.05, 0.1) is 5.69 Å². The van der Waals surface area contributed by atoms with Crippen molar-refractivity contribution in [2.45, 2.75) is 39.0 Å². The quantitative estimate of drug-likeness (QED) is 0.865. The molecule has 0 amide bonds. The van der Waals surface area contributed by atoms with Crippen LogP contribution in [-0.4, -0.2) is 11.2 Å². The summed E-state index contributed by atoms with van der Waals surface area (Å²) in [7, 11) is 0. The molecule has 0 spiro atoms.